The Morgan fingerprint density at radius 1 is 1.04 bits per heavy atom. The summed E-state index contributed by atoms with van der Waals surface area (Å²) in [5, 5.41) is 3.42. The molecular formula is C21H25N3O. The van der Waals surface area contributed by atoms with E-state index in [1.54, 1.807) is 7.11 Å². The number of imidazole rings is 1. The second kappa shape index (κ2) is 7.43. The van der Waals surface area contributed by atoms with Crippen LogP contribution in [-0.2, 0) is 13.6 Å². The SMILES string of the molecule is COc1ccc(-c2cnc(NCc3ccc(C(C)C)cc3)n2C)cc1. The summed E-state index contributed by atoms with van der Waals surface area (Å²) in [5.41, 5.74) is 4.80. The first kappa shape index (κ1) is 17.1. The van der Waals surface area contributed by atoms with E-state index in [-0.39, 0.29) is 0 Å². The van der Waals surface area contributed by atoms with Crippen LogP contribution in [0, 0.1) is 0 Å². The summed E-state index contributed by atoms with van der Waals surface area (Å²) in [7, 11) is 3.70. The Labute approximate surface area is 149 Å². The minimum atomic E-state index is 0.559. The van der Waals surface area contributed by atoms with Gasteiger partial charge < -0.3 is 14.6 Å². The normalized spacial score (nSPS) is 10.9. The summed E-state index contributed by atoms with van der Waals surface area (Å²) in [6, 6.07) is 16.8. The number of hydrogen-bond donors (Lipinski definition) is 1. The molecule has 0 atom stereocenters. The zero-order chi connectivity index (χ0) is 17.8. The van der Waals surface area contributed by atoms with Gasteiger partial charge in [-0.15, -0.1) is 0 Å². The van der Waals surface area contributed by atoms with Crippen molar-refractivity contribution in [1.29, 1.82) is 0 Å². The largest absolute Gasteiger partial charge is 0.497 e. The van der Waals surface area contributed by atoms with Crippen molar-refractivity contribution in [2.75, 3.05) is 12.4 Å². The molecule has 0 spiro atoms. The first-order valence-corrected chi connectivity index (χ1v) is 8.57. The van der Waals surface area contributed by atoms with Crippen molar-refractivity contribution in [2.45, 2.75) is 26.3 Å². The number of ether oxygens (including phenoxy) is 1. The van der Waals surface area contributed by atoms with Crippen LogP contribution in [0.25, 0.3) is 11.3 Å². The molecular weight excluding hydrogens is 310 g/mol. The molecule has 130 valence electrons. The van der Waals surface area contributed by atoms with Gasteiger partial charge in [-0.1, -0.05) is 38.1 Å². The Bertz CT molecular complexity index is 817. The molecule has 0 saturated carbocycles. The number of benzene rings is 2. The van der Waals surface area contributed by atoms with Gasteiger partial charge in [0, 0.05) is 19.2 Å². The molecule has 0 aliphatic rings. The van der Waals surface area contributed by atoms with Crippen molar-refractivity contribution in [3.05, 3.63) is 65.9 Å². The van der Waals surface area contributed by atoms with E-state index in [0.29, 0.717) is 5.92 Å². The highest BCUT2D eigenvalue weighted by atomic mass is 16.5. The zero-order valence-corrected chi connectivity index (χ0v) is 15.3. The highest BCUT2D eigenvalue weighted by molar-refractivity contribution is 5.62. The minimum Gasteiger partial charge on any atom is -0.497 e. The van der Waals surface area contributed by atoms with Gasteiger partial charge in [0.15, 0.2) is 0 Å². The van der Waals surface area contributed by atoms with Gasteiger partial charge in [0.25, 0.3) is 0 Å². The van der Waals surface area contributed by atoms with E-state index in [4.69, 9.17) is 4.74 Å². The second-order valence-corrected chi connectivity index (χ2v) is 6.50. The average Bonchev–Trinajstić information content (AvgIpc) is 3.01. The number of anilines is 1. The molecule has 4 heteroatoms. The molecule has 0 amide bonds. The van der Waals surface area contributed by atoms with Crippen molar-refractivity contribution < 1.29 is 4.74 Å². The van der Waals surface area contributed by atoms with Gasteiger partial charge in [0.1, 0.15) is 5.75 Å². The fraction of sp³-hybridized carbons (Fsp3) is 0.286. The number of nitrogens with zero attached hydrogens (tertiary/aromatic N) is 2. The van der Waals surface area contributed by atoms with Crippen LogP contribution in [0.5, 0.6) is 5.75 Å². The number of rotatable bonds is 6. The lowest BCUT2D eigenvalue weighted by atomic mass is 10.0. The lowest BCUT2D eigenvalue weighted by molar-refractivity contribution is 0.415. The topological polar surface area (TPSA) is 39.1 Å². The highest BCUT2D eigenvalue weighted by Crippen LogP contribution is 2.24. The maximum atomic E-state index is 5.22. The molecule has 3 rings (SSSR count). The van der Waals surface area contributed by atoms with Crippen LogP contribution in [0.1, 0.15) is 30.9 Å². The van der Waals surface area contributed by atoms with Crippen LogP contribution in [0.3, 0.4) is 0 Å². The van der Waals surface area contributed by atoms with E-state index in [0.717, 1.165) is 29.5 Å². The molecule has 25 heavy (non-hydrogen) atoms. The van der Waals surface area contributed by atoms with Gasteiger partial charge in [-0.3, -0.25) is 0 Å². The van der Waals surface area contributed by atoms with Gasteiger partial charge in [0.05, 0.1) is 19.0 Å². The van der Waals surface area contributed by atoms with Crippen LogP contribution in [0.15, 0.2) is 54.7 Å². The minimum absolute atomic E-state index is 0.559. The molecule has 0 aliphatic carbocycles. The standard InChI is InChI=1S/C21H25N3O/c1-15(2)17-7-5-16(6-8-17)13-22-21-23-14-20(24(21)3)18-9-11-19(25-4)12-10-18/h5-12,14-15H,13H2,1-4H3,(H,22,23). The smallest absolute Gasteiger partial charge is 0.203 e. The molecule has 1 heterocycles. The fourth-order valence-corrected chi connectivity index (χ4v) is 2.81. The van der Waals surface area contributed by atoms with E-state index in [1.165, 1.54) is 11.1 Å². The van der Waals surface area contributed by atoms with Crippen LogP contribution >= 0.6 is 0 Å². The molecule has 3 aromatic rings. The predicted molar refractivity (Wildman–Crippen MR) is 103 cm³/mol. The van der Waals surface area contributed by atoms with Gasteiger partial charge in [-0.2, -0.15) is 0 Å². The third kappa shape index (κ3) is 3.85. The predicted octanol–water partition coefficient (Wildman–Crippen LogP) is 4.83. The first-order chi connectivity index (χ1) is 12.1. The monoisotopic (exact) mass is 335 g/mol. The van der Waals surface area contributed by atoms with Crippen LogP contribution in [0.4, 0.5) is 5.95 Å². The fourth-order valence-electron chi connectivity index (χ4n) is 2.81. The maximum Gasteiger partial charge on any atom is 0.203 e. The van der Waals surface area contributed by atoms with Gasteiger partial charge in [-0.25, -0.2) is 4.98 Å². The molecule has 0 aliphatic heterocycles. The second-order valence-electron chi connectivity index (χ2n) is 6.50. The quantitative estimate of drug-likeness (QED) is 0.701. The molecule has 0 radical (unpaired) electrons. The van der Waals surface area contributed by atoms with Crippen molar-refractivity contribution in [2.24, 2.45) is 7.05 Å². The molecule has 0 bridgehead atoms. The van der Waals surface area contributed by atoms with Gasteiger partial charge >= 0.3 is 0 Å². The molecule has 0 saturated heterocycles. The zero-order valence-electron chi connectivity index (χ0n) is 15.3. The van der Waals surface area contributed by atoms with Crippen LogP contribution < -0.4 is 10.1 Å². The Balaban J connectivity index is 1.70. The molecule has 2 aromatic carbocycles. The Kier molecular flexibility index (Phi) is 5.08. The van der Waals surface area contributed by atoms with Crippen molar-refractivity contribution in [3.8, 4) is 17.0 Å². The van der Waals surface area contributed by atoms with Crippen LogP contribution in [-0.4, -0.2) is 16.7 Å². The third-order valence-electron chi connectivity index (χ3n) is 4.47. The third-order valence-corrected chi connectivity index (χ3v) is 4.47. The molecule has 0 unspecified atom stereocenters. The van der Waals surface area contributed by atoms with Crippen molar-refractivity contribution in [3.63, 3.8) is 0 Å². The highest BCUT2D eigenvalue weighted by Gasteiger charge is 2.08. The summed E-state index contributed by atoms with van der Waals surface area (Å²) in [6.45, 7) is 5.18. The van der Waals surface area contributed by atoms with Crippen molar-refractivity contribution in [1.82, 2.24) is 9.55 Å². The maximum absolute atomic E-state index is 5.22. The summed E-state index contributed by atoms with van der Waals surface area (Å²) in [5.74, 6) is 2.27. The summed E-state index contributed by atoms with van der Waals surface area (Å²) in [6.07, 6.45) is 1.89. The van der Waals surface area contributed by atoms with Crippen molar-refractivity contribution >= 4 is 5.95 Å². The average molecular weight is 335 g/mol. The Hall–Kier alpha value is -2.75. The first-order valence-electron chi connectivity index (χ1n) is 8.57. The van der Waals surface area contributed by atoms with Gasteiger partial charge in [-0.05, 0) is 41.3 Å². The van der Waals surface area contributed by atoms with Crippen LogP contribution in [0.2, 0.25) is 0 Å². The number of nitrogens with one attached hydrogen (secondary N) is 1. The molecule has 1 aromatic heterocycles. The van der Waals surface area contributed by atoms with Gasteiger partial charge in [0.2, 0.25) is 5.95 Å². The number of methoxy groups -OCH3 is 1. The van der Waals surface area contributed by atoms with E-state index < -0.39 is 0 Å². The molecule has 0 fully saturated rings. The Morgan fingerprint density at radius 2 is 1.72 bits per heavy atom. The summed E-state index contributed by atoms with van der Waals surface area (Å²) in [4.78, 5) is 4.52. The number of hydrogen-bond acceptors (Lipinski definition) is 3. The lowest BCUT2D eigenvalue weighted by Crippen LogP contribution is -2.05. The Morgan fingerprint density at radius 3 is 2.32 bits per heavy atom. The lowest BCUT2D eigenvalue weighted by Gasteiger charge is -2.10. The number of aromatic nitrogens is 2. The summed E-state index contributed by atoms with van der Waals surface area (Å²) < 4.78 is 7.29. The van der Waals surface area contributed by atoms with E-state index >= 15 is 0 Å². The summed E-state index contributed by atoms with van der Waals surface area (Å²) >= 11 is 0. The molecule has 4 nitrogen and oxygen atoms in total. The van der Waals surface area contributed by atoms with E-state index in [1.807, 2.05) is 37.5 Å². The van der Waals surface area contributed by atoms with E-state index in [9.17, 15) is 0 Å². The van der Waals surface area contributed by atoms with E-state index in [2.05, 4.69) is 53.0 Å². The molecule has 1 N–H and O–H groups in total.